The Balaban J connectivity index is 1.79. The lowest BCUT2D eigenvalue weighted by Gasteiger charge is -2.33. The van der Waals surface area contributed by atoms with Gasteiger partial charge in [0.1, 0.15) is 24.0 Å². The average molecular weight is 415 g/mol. The number of rotatable bonds is 9. The van der Waals surface area contributed by atoms with Crippen molar-refractivity contribution >= 4 is 17.2 Å². The van der Waals surface area contributed by atoms with Crippen LogP contribution in [0.15, 0.2) is 30.6 Å². The van der Waals surface area contributed by atoms with Crippen LogP contribution in [0.3, 0.4) is 0 Å². The highest BCUT2D eigenvalue weighted by Gasteiger charge is 2.22. The molecule has 0 aliphatic carbocycles. The summed E-state index contributed by atoms with van der Waals surface area (Å²) in [5.74, 6) is 1.37. The number of ether oxygens (including phenoxy) is 4. The summed E-state index contributed by atoms with van der Waals surface area (Å²) in [7, 11) is 3.29. The van der Waals surface area contributed by atoms with E-state index in [9.17, 15) is 0 Å². The molecule has 2 heterocycles. The quantitative estimate of drug-likeness (QED) is 0.470. The van der Waals surface area contributed by atoms with Gasteiger partial charge in [0.25, 0.3) is 0 Å². The molecule has 30 heavy (non-hydrogen) atoms. The minimum Gasteiger partial charge on any atom is -0.488 e. The smallest absolute Gasteiger partial charge is 0.132 e. The summed E-state index contributed by atoms with van der Waals surface area (Å²) in [5.41, 5.74) is 7.89. The molecule has 1 fully saturated rings. The zero-order chi connectivity index (χ0) is 21.5. The number of anilines is 2. The Kier molecular flexibility index (Phi) is 7.56. The first-order chi connectivity index (χ1) is 14.5. The van der Waals surface area contributed by atoms with Gasteiger partial charge in [0.05, 0.1) is 37.3 Å². The Bertz CT molecular complexity index is 861. The average Bonchev–Trinajstić information content (AvgIpc) is 2.75. The van der Waals surface area contributed by atoms with E-state index in [2.05, 4.69) is 14.9 Å². The van der Waals surface area contributed by atoms with E-state index in [1.165, 1.54) is 6.33 Å². The third kappa shape index (κ3) is 5.44. The minimum absolute atomic E-state index is 0.0137. The molecule has 1 aliphatic rings. The molecular weight excluding hydrogens is 386 g/mol. The molecule has 3 N–H and O–H groups in total. The first-order valence-corrected chi connectivity index (χ1v) is 9.83. The van der Waals surface area contributed by atoms with Gasteiger partial charge in [0.2, 0.25) is 0 Å². The Hall–Kier alpha value is -2.75. The number of nitrogens with zero attached hydrogens (tertiary/aromatic N) is 3. The van der Waals surface area contributed by atoms with Gasteiger partial charge in [-0.15, -0.1) is 0 Å². The topological polar surface area (TPSA) is 116 Å². The highest BCUT2D eigenvalue weighted by molar-refractivity contribution is 6.13. The summed E-state index contributed by atoms with van der Waals surface area (Å²) in [6.07, 6.45) is 1.34. The minimum atomic E-state index is -0.118. The molecule has 1 aromatic heterocycles. The maximum absolute atomic E-state index is 8.67. The van der Waals surface area contributed by atoms with E-state index in [1.54, 1.807) is 38.5 Å². The van der Waals surface area contributed by atoms with Gasteiger partial charge in [-0.3, -0.25) is 5.41 Å². The molecule has 0 radical (unpaired) electrons. The SMILES string of the molecule is COCC(C)Oc1ccc(N)c(C(=N)c2cc(N3CCOC(COC)C3)ncn2)c1. The maximum atomic E-state index is 8.67. The fourth-order valence-electron chi connectivity index (χ4n) is 3.34. The first-order valence-electron chi connectivity index (χ1n) is 9.83. The summed E-state index contributed by atoms with van der Waals surface area (Å²) >= 11 is 0. The van der Waals surface area contributed by atoms with E-state index in [0.29, 0.717) is 55.6 Å². The van der Waals surface area contributed by atoms with Crippen molar-refractivity contribution < 1.29 is 18.9 Å². The van der Waals surface area contributed by atoms with Gasteiger partial charge in [0.15, 0.2) is 0 Å². The van der Waals surface area contributed by atoms with E-state index < -0.39 is 0 Å². The second-order valence-electron chi connectivity index (χ2n) is 7.16. The van der Waals surface area contributed by atoms with Crippen LogP contribution in [0.5, 0.6) is 5.75 Å². The number of hydrogen-bond donors (Lipinski definition) is 2. The lowest BCUT2D eigenvalue weighted by Crippen LogP contribution is -2.44. The predicted octanol–water partition coefficient (Wildman–Crippen LogP) is 1.74. The molecule has 0 bridgehead atoms. The molecule has 0 saturated carbocycles. The Morgan fingerprint density at radius 3 is 2.90 bits per heavy atom. The highest BCUT2D eigenvalue weighted by Crippen LogP contribution is 2.24. The van der Waals surface area contributed by atoms with Crippen LogP contribution in [-0.2, 0) is 14.2 Å². The predicted molar refractivity (Wildman–Crippen MR) is 115 cm³/mol. The van der Waals surface area contributed by atoms with Crippen molar-refractivity contribution in [3.05, 3.63) is 41.9 Å². The number of aromatic nitrogens is 2. The fraction of sp³-hybridized carbons (Fsp3) is 0.476. The van der Waals surface area contributed by atoms with Crippen molar-refractivity contribution in [2.24, 2.45) is 0 Å². The van der Waals surface area contributed by atoms with Crippen molar-refractivity contribution in [1.82, 2.24) is 9.97 Å². The van der Waals surface area contributed by atoms with Gasteiger partial charge in [0, 0.05) is 44.6 Å². The summed E-state index contributed by atoms with van der Waals surface area (Å²) in [4.78, 5) is 10.8. The van der Waals surface area contributed by atoms with Crippen LogP contribution in [0, 0.1) is 5.41 Å². The van der Waals surface area contributed by atoms with Crippen LogP contribution in [0.25, 0.3) is 0 Å². The van der Waals surface area contributed by atoms with Gasteiger partial charge in [-0.05, 0) is 25.1 Å². The fourth-order valence-corrected chi connectivity index (χ4v) is 3.34. The molecule has 9 nitrogen and oxygen atoms in total. The Morgan fingerprint density at radius 1 is 1.30 bits per heavy atom. The third-order valence-electron chi connectivity index (χ3n) is 4.76. The van der Waals surface area contributed by atoms with Gasteiger partial charge in [-0.2, -0.15) is 0 Å². The maximum Gasteiger partial charge on any atom is 0.132 e. The monoisotopic (exact) mass is 415 g/mol. The van der Waals surface area contributed by atoms with Crippen LogP contribution in [0.2, 0.25) is 0 Å². The normalized spacial score (nSPS) is 17.6. The number of nitrogens with two attached hydrogens (primary N) is 1. The largest absolute Gasteiger partial charge is 0.488 e. The number of benzene rings is 1. The second-order valence-corrected chi connectivity index (χ2v) is 7.16. The van der Waals surface area contributed by atoms with Crippen molar-refractivity contribution in [3.63, 3.8) is 0 Å². The molecule has 1 saturated heterocycles. The Morgan fingerprint density at radius 2 is 2.13 bits per heavy atom. The number of nitrogens with one attached hydrogen (secondary N) is 1. The number of morpholine rings is 1. The van der Waals surface area contributed by atoms with Gasteiger partial charge >= 0.3 is 0 Å². The molecular formula is C21H29N5O4. The first kappa shape index (κ1) is 21.9. The lowest BCUT2D eigenvalue weighted by molar-refractivity contribution is -0.0102. The molecule has 0 spiro atoms. The molecule has 1 aromatic carbocycles. The molecule has 9 heteroatoms. The van der Waals surface area contributed by atoms with Crippen LogP contribution < -0.4 is 15.4 Å². The van der Waals surface area contributed by atoms with Crippen molar-refractivity contribution in [3.8, 4) is 5.75 Å². The zero-order valence-electron chi connectivity index (χ0n) is 17.6. The molecule has 2 unspecified atom stereocenters. The summed E-state index contributed by atoms with van der Waals surface area (Å²) < 4.78 is 21.9. The summed E-state index contributed by atoms with van der Waals surface area (Å²) in [5, 5.41) is 8.67. The van der Waals surface area contributed by atoms with Crippen LogP contribution >= 0.6 is 0 Å². The summed E-state index contributed by atoms with van der Waals surface area (Å²) in [6, 6.07) is 7.08. The number of hydrogen-bond acceptors (Lipinski definition) is 9. The van der Waals surface area contributed by atoms with Crippen molar-refractivity contribution in [2.45, 2.75) is 19.1 Å². The van der Waals surface area contributed by atoms with E-state index in [1.807, 2.05) is 6.92 Å². The summed E-state index contributed by atoms with van der Waals surface area (Å²) in [6.45, 7) is 4.88. The molecule has 2 atom stereocenters. The van der Waals surface area contributed by atoms with E-state index >= 15 is 0 Å². The number of methoxy groups -OCH3 is 2. The zero-order valence-corrected chi connectivity index (χ0v) is 17.6. The molecule has 3 rings (SSSR count). The highest BCUT2D eigenvalue weighted by atomic mass is 16.5. The second kappa shape index (κ2) is 10.3. The van der Waals surface area contributed by atoms with Gasteiger partial charge in [-0.25, -0.2) is 9.97 Å². The van der Waals surface area contributed by atoms with Crippen LogP contribution in [0.1, 0.15) is 18.2 Å². The van der Waals surface area contributed by atoms with E-state index in [4.69, 9.17) is 30.1 Å². The standard InChI is InChI=1S/C21H29N5O4/c1-14(11-27-2)30-15-4-5-18(22)17(8-15)21(23)19-9-20(25-13-24-19)26-6-7-29-16(10-26)12-28-3/h4-5,8-9,13-14,16,23H,6-7,10-12,22H2,1-3H3. The Labute approximate surface area is 176 Å². The van der Waals surface area contributed by atoms with E-state index in [-0.39, 0.29) is 17.9 Å². The molecule has 1 aliphatic heterocycles. The molecule has 0 amide bonds. The van der Waals surface area contributed by atoms with Gasteiger partial charge in [-0.1, -0.05) is 0 Å². The van der Waals surface area contributed by atoms with Gasteiger partial charge < -0.3 is 29.6 Å². The van der Waals surface area contributed by atoms with Crippen LogP contribution in [-0.4, -0.2) is 75.0 Å². The van der Waals surface area contributed by atoms with Crippen molar-refractivity contribution in [1.29, 1.82) is 5.41 Å². The van der Waals surface area contributed by atoms with Crippen LogP contribution in [0.4, 0.5) is 11.5 Å². The molecule has 162 valence electrons. The molecule has 2 aromatic rings. The number of nitrogen functional groups attached to an aromatic ring is 1. The van der Waals surface area contributed by atoms with E-state index in [0.717, 1.165) is 5.82 Å². The third-order valence-corrected chi connectivity index (χ3v) is 4.76. The lowest BCUT2D eigenvalue weighted by atomic mass is 10.0. The van der Waals surface area contributed by atoms with Crippen molar-refractivity contribution in [2.75, 3.05) is 57.8 Å².